The summed E-state index contributed by atoms with van der Waals surface area (Å²) in [6, 6.07) is 6.38. The first-order chi connectivity index (χ1) is 9.13. The molecule has 1 saturated carbocycles. The average molecular weight is 257 g/mol. The second-order valence-electron chi connectivity index (χ2n) is 6.27. The van der Waals surface area contributed by atoms with Gasteiger partial charge in [0.2, 0.25) is 0 Å². The highest BCUT2D eigenvalue weighted by Crippen LogP contribution is 2.40. The summed E-state index contributed by atoms with van der Waals surface area (Å²) >= 11 is 0. The van der Waals surface area contributed by atoms with Crippen LogP contribution in [0.2, 0.25) is 0 Å². The molecular formula is C16H23N3. The minimum absolute atomic E-state index is 0.0689. The molecule has 1 heterocycles. The van der Waals surface area contributed by atoms with Crippen molar-refractivity contribution in [3.05, 3.63) is 29.6 Å². The van der Waals surface area contributed by atoms with E-state index in [1.54, 1.807) is 0 Å². The molecule has 0 atom stereocenters. The molecule has 3 nitrogen and oxygen atoms in total. The highest BCUT2D eigenvalue weighted by molar-refractivity contribution is 5.76. The summed E-state index contributed by atoms with van der Waals surface area (Å²) in [5, 5.41) is 0. The standard InChI is InChI=1S/C16H23N3/c1-11-5-7-16(10-17,8-6-11)15-18-13-4-3-12(2)9-14(13)19-15/h3-4,9,11H,5-8,10,17H2,1-2H3,(H,18,19). The number of H-pyrrole nitrogens is 1. The van der Waals surface area contributed by atoms with E-state index in [1.165, 1.54) is 18.4 Å². The van der Waals surface area contributed by atoms with Gasteiger partial charge in [0.25, 0.3) is 0 Å². The summed E-state index contributed by atoms with van der Waals surface area (Å²) in [4.78, 5) is 8.33. The number of rotatable bonds is 2. The predicted molar refractivity (Wildman–Crippen MR) is 79.2 cm³/mol. The summed E-state index contributed by atoms with van der Waals surface area (Å²) in [6.07, 6.45) is 4.83. The Labute approximate surface area is 114 Å². The zero-order valence-electron chi connectivity index (χ0n) is 11.9. The van der Waals surface area contributed by atoms with Crippen molar-refractivity contribution in [3.8, 4) is 0 Å². The fourth-order valence-corrected chi connectivity index (χ4v) is 3.23. The summed E-state index contributed by atoms with van der Waals surface area (Å²) in [5.41, 5.74) is 9.64. The van der Waals surface area contributed by atoms with Crippen LogP contribution in [0.4, 0.5) is 0 Å². The zero-order valence-corrected chi connectivity index (χ0v) is 11.9. The summed E-state index contributed by atoms with van der Waals surface area (Å²) in [5.74, 6) is 1.92. The van der Waals surface area contributed by atoms with Crippen molar-refractivity contribution in [1.82, 2.24) is 9.97 Å². The van der Waals surface area contributed by atoms with Crippen LogP contribution >= 0.6 is 0 Å². The Morgan fingerprint density at radius 1 is 1.37 bits per heavy atom. The third-order valence-electron chi connectivity index (χ3n) is 4.76. The summed E-state index contributed by atoms with van der Waals surface area (Å²) in [6.45, 7) is 5.14. The van der Waals surface area contributed by atoms with Gasteiger partial charge in [-0.15, -0.1) is 0 Å². The van der Waals surface area contributed by atoms with Crippen LogP contribution in [-0.4, -0.2) is 16.5 Å². The monoisotopic (exact) mass is 257 g/mol. The number of nitrogens with two attached hydrogens (primary N) is 1. The highest BCUT2D eigenvalue weighted by Gasteiger charge is 2.37. The SMILES string of the molecule is Cc1ccc2nc(C3(CN)CCC(C)CC3)[nH]c2c1. The summed E-state index contributed by atoms with van der Waals surface area (Å²) < 4.78 is 0. The molecule has 102 valence electrons. The molecule has 19 heavy (non-hydrogen) atoms. The quantitative estimate of drug-likeness (QED) is 0.867. The molecule has 3 N–H and O–H groups in total. The third kappa shape index (κ3) is 2.16. The molecule has 1 aromatic heterocycles. The average Bonchev–Trinajstić information content (AvgIpc) is 2.83. The minimum atomic E-state index is 0.0689. The Kier molecular flexibility index (Phi) is 3.09. The van der Waals surface area contributed by atoms with Crippen molar-refractivity contribution in [2.24, 2.45) is 11.7 Å². The van der Waals surface area contributed by atoms with Crippen molar-refractivity contribution in [2.45, 2.75) is 44.9 Å². The van der Waals surface area contributed by atoms with Gasteiger partial charge in [-0.3, -0.25) is 0 Å². The molecule has 0 spiro atoms. The van der Waals surface area contributed by atoms with E-state index >= 15 is 0 Å². The third-order valence-corrected chi connectivity index (χ3v) is 4.76. The first-order valence-corrected chi connectivity index (χ1v) is 7.30. The molecule has 0 aliphatic heterocycles. The minimum Gasteiger partial charge on any atom is -0.341 e. The Balaban J connectivity index is 2.01. The number of aromatic nitrogens is 2. The molecule has 3 heteroatoms. The number of fused-ring (bicyclic) bond motifs is 1. The molecule has 1 aromatic carbocycles. The van der Waals surface area contributed by atoms with Crippen molar-refractivity contribution in [1.29, 1.82) is 0 Å². The van der Waals surface area contributed by atoms with Gasteiger partial charge >= 0.3 is 0 Å². The largest absolute Gasteiger partial charge is 0.341 e. The molecule has 0 radical (unpaired) electrons. The first-order valence-electron chi connectivity index (χ1n) is 7.30. The second-order valence-corrected chi connectivity index (χ2v) is 6.27. The van der Waals surface area contributed by atoms with Gasteiger partial charge in [0.15, 0.2) is 0 Å². The highest BCUT2D eigenvalue weighted by atomic mass is 15.0. The number of imidazole rings is 1. The van der Waals surface area contributed by atoms with Gasteiger partial charge in [-0.25, -0.2) is 4.98 Å². The lowest BCUT2D eigenvalue weighted by atomic mass is 9.70. The Bertz CT molecular complexity index is 577. The van der Waals surface area contributed by atoms with E-state index in [-0.39, 0.29) is 5.41 Å². The van der Waals surface area contributed by atoms with Crippen LogP contribution in [0.3, 0.4) is 0 Å². The molecule has 0 bridgehead atoms. The molecule has 2 aromatic rings. The van der Waals surface area contributed by atoms with E-state index in [1.807, 2.05) is 0 Å². The van der Waals surface area contributed by atoms with E-state index in [0.29, 0.717) is 6.54 Å². The fraction of sp³-hybridized carbons (Fsp3) is 0.562. The maximum Gasteiger partial charge on any atom is 0.114 e. The van der Waals surface area contributed by atoms with E-state index in [4.69, 9.17) is 10.7 Å². The van der Waals surface area contributed by atoms with Gasteiger partial charge in [-0.05, 0) is 56.2 Å². The normalized spacial score (nSPS) is 27.8. The topological polar surface area (TPSA) is 54.7 Å². The molecule has 1 fully saturated rings. The van der Waals surface area contributed by atoms with Crippen LogP contribution < -0.4 is 5.73 Å². The lowest BCUT2D eigenvalue weighted by molar-refractivity contribution is 0.238. The smallest absolute Gasteiger partial charge is 0.114 e. The number of nitrogens with zero attached hydrogens (tertiary/aromatic N) is 1. The molecular weight excluding hydrogens is 234 g/mol. The zero-order chi connectivity index (χ0) is 13.5. The van der Waals surface area contributed by atoms with Gasteiger partial charge in [0, 0.05) is 12.0 Å². The number of hydrogen-bond donors (Lipinski definition) is 2. The van der Waals surface area contributed by atoms with Gasteiger partial charge in [-0.1, -0.05) is 13.0 Å². The number of aromatic amines is 1. The first kappa shape index (κ1) is 12.7. The number of benzene rings is 1. The van der Waals surface area contributed by atoms with Crippen LogP contribution in [0.1, 0.15) is 44.0 Å². The van der Waals surface area contributed by atoms with Crippen LogP contribution in [0.15, 0.2) is 18.2 Å². The van der Waals surface area contributed by atoms with E-state index < -0.39 is 0 Å². The maximum atomic E-state index is 6.11. The van der Waals surface area contributed by atoms with Crippen LogP contribution in [0, 0.1) is 12.8 Å². The van der Waals surface area contributed by atoms with Crippen molar-refractivity contribution >= 4 is 11.0 Å². The second kappa shape index (κ2) is 4.64. The molecule has 3 rings (SSSR count). The molecule has 0 unspecified atom stereocenters. The van der Waals surface area contributed by atoms with Crippen LogP contribution in [-0.2, 0) is 5.41 Å². The van der Waals surface area contributed by atoms with Gasteiger partial charge in [-0.2, -0.15) is 0 Å². The number of aryl methyl sites for hydroxylation is 1. The Morgan fingerprint density at radius 3 is 2.79 bits per heavy atom. The Hall–Kier alpha value is -1.35. The van der Waals surface area contributed by atoms with Crippen LogP contribution in [0.5, 0.6) is 0 Å². The number of nitrogens with one attached hydrogen (secondary N) is 1. The van der Waals surface area contributed by atoms with Gasteiger partial charge in [0.1, 0.15) is 5.82 Å². The van der Waals surface area contributed by atoms with Gasteiger partial charge < -0.3 is 10.7 Å². The van der Waals surface area contributed by atoms with E-state index in [2.05, 4.69) is 37.0 Å². The maximum absolute atomic E-state index is 6.11. The van der Waals surface area contributed by atoms with Crippen molar-refractivity contribution in [2.75, 3.05) is 6.54 Å². The van der Waals surface area contributed by atoms with Crippen LogP contribution in [0.25, 0.3) is 11.0 Å². The molecule has 0 amide bonds. The molecule has 1 aliphatic carbocycles. The van der Waals surface area contributed by atoms with Crippen molar-refractivity contribution in [3.63, 3.8) is 0 Å². The summed E-state index contributed by atoms with van der Waals surface area (Å²) in [7, 11) is 0. The molecule has 1 aliphatic rings. The number of hydrogen-bond acceptors (Lipinski definition) is 2. The lowest BCUT2D eigenvalue weighted by Crippen LogP contribution is -2.39. The molecule has 0 saturated heterocycles. The lowest BCUT2D eigenvalue weighted by Gasteiger charge is -2.36. The fourth-order valence-electron chi connectivity index (χ4n) is 3.23. The van der Waals surface area contributed by atoms with E-state index in [0.717, 1.165) is 35.6 Å². The van der Waals surface area contributed by atoms with Gasteiger partial charge in [0.05, 0.1) is 11.0 Å². The Morgan fingerprint density at radius 2 is 2.11 bits per heavy atom. The van der Waals surface area contributed by atoms with Crippen molar-refractivity contribution < 1.29 is 0 Å². The van der Waals surface area contributed by atoms with E-state index in [9.17, 15) is 0 Å². The predicted octanol–water partition coefficient (Wildman–Crippen LogP) is 3.28.